The van der Waals surface area contributed by atoms with Crippen LogP contribution < -0.4 is 0 Å². The Morgan fingerprint density at radius 2 is 1.84 bits per heavy atom. The molecule has 2 heterocycles. The highest BCUT2D eigenvalue weighted by atomic mass is 16.4. The molecule has 2 fully saturated rings. The molecule has 0 saturated carbocycles. The van der Waals surface area contributed by atoms with Gasteiger partial charge >= 0.3 is 12.0 Å². The van der Waals surface area contributed by atoms with Crippen LogP contribution in [0.3, 0.4) is 0 Å². The number of carbonyl (C=O) groups excluding carboxylic acids is 1. The van der Waals surface area contributed by atoms with Crippen LogP contribution in [0.5, 0.6) is 0 Å². The van der Waals surface area contributed by atoms with Gasteiger partial charge in [-0.15, -0.1) is 0 Å². The number of aliphatic carboxylic acids is 1. The van der Waals surface area contributed by atoms with E-state index in [1.165, 1.54) is 4.90 Å². The van der Waals surface area contributed by atoms with Crippen molar-refractivity contribution < 1.29 is 24.9 Å². The molecule has 0 aliphatic carbocycles. The zero-order valence-electron chi connectivity index (χ0n) is 10.9. The molecule has 0 bridgehead atoms. The molecule has 0 unspecified atom stereocenters. The van der Waals surface area contributed by atoms with Crippen LogP contribution in [0.15, 0.2) is 0 Å². The van der Waals surface area contributed by atoms with E-state index in [4.69, 9.17) is 5.11 Å². The summed E-state index contributed by atoms with van der Waals surface area (Å²) in [5, 5.41) is 28.4. The molecule has 108 valence electrons. The van der Waals surface area contributed by atoms with E-state index in [1.54, 1.807) is 11.8 Å². The Morgan fingerprint density at radius 1 is 1.26 bits per heavy atom. The zero-order valence-corrected chi connectivity index (χ0v) is 10.9. The summed E-state index contributed by atoms with van der Waals surface area (Å²) in [6.45, 7) is 2.60. The summed E-state index contributed by atoms with van der Waals surface area (Å²) in [5.41, 5.74) is -0.756. The maximum Gasteiger partial charge on any atom is 0.326 e. The van der Waals surface area contributed by atoms with Crippen molar-refractivity contribution in [2.75, 3.05) is 19.6 Å². The van der Waals surface area contributed by atoms with Gasteiger partial charge in [-0.05, 0) is 19.8 Å². The van der Waals surface area contributed by atoms with Gasteiger partial charge in [0.15, 0.2) is 0 Å². The van der Waals surface area contributed by atoms with E-state index in [0.717, 1.165) is 0 Å². The maximum atomic E-state index is 12.3. The second kappa shape index (κ2) is 4.97. The van der Waals surface area contributed by atoms with Gasteiger partial charge in [-0.1, -0.05) is 0 Å². The summed E-state index contributed by atoms with van der Waals surface area (Å²) in [6.07, 6.45) is 0.254. The highest BCUT2D eigenvalue weighted by molar-refractivity contribution is 5.83. The van der Waals surface area contributed by atoms with Gasteiger partial charge in [0.25, 0.3) is 0 Å². The predicted molar refractivity (Wildman–Crippen MR) is 65.6 cm³/mol. The molecule has 2 aliphatic rings. The molecule has 2 atom stereocenters. The van der Waals surface area contributed by atoms with E-state index in [1.807, 2.05) is 0 Å². The number of likely N-dealkylation sites (tertiary alicyclic amines) is 2. The number of β-amino-alcohol motifs (C(OH)–C–C–N with tert-alkyl or cyclic N) is 1. The summed E-state index contributed by atoms with van der Waals surface area (Å²) in [6, 6.07) is -1.32. The summed E-state index contributed by atoms with van der Waals surface area (Å²) in [4.78, 5) is 26.1. The first kappa shape index (κ1) is 14.1. The van der Waals surface area contributed by atoms with Gasteiger partial charge in [-0.3, -0.25) is 0 Å². The van der Waals surface area contributed by atoms with Crippen LogP contribution in [0, 0.1) is 0 Å². The first-order chi connectivity index (χ1) is 8.80. The molecule has 0 radical (unpaired) electrons. The maximum absolute atomic E-state index is 12.3. The first-order valence-corrected chi connectivity index (χ1v) is 6.49. The number of hydrogen-bond donors (Lipinski definition) is 3. The third-order valence-corrected chi connectivity index (χ3v) is 3.92. The van der Waals surface area contributed by atoms with Crippen LogP contribution in [0.1, 0.15) is 26.2 Å². The number of carboxylic acid groups (broad SMARTS) is 1. The average molecular weight is 272 g/mol. The van der Waals surface area contributed by atoms with Gasteiger partial charge in [0.1, 0.15) is 6.04 Å². The summed E-state index contributed by atoms with van der Waals surface area (Å²) in [7, 11) is 0. The number of amides is 2. The minimum absolute atomic E-state index is 0.0582. The van der Waals surface area contributed by atoms with Crippen molar-refractivity contribution in [2.24, 2.45) is 0 Å². The fourth-order valence-electron chi connectivity index (χ4n) is 2.62. The molecular weight excluding hydrogens is 252 g/mol. The van der Waals surface area contributed by atoms with Crippen LogP contribution >= 0.6 is 0 Å². The monoisotopic (exact) mass is 272 g/mol. The van der Waals surface area contributed by atoms with Crippen LogP contribution in [0.25, 0.3) is 0 Å². The molecule has 2 rings (SSSR count). The molecule has 0 aromatic carbocycles. The topological polar surface area (TPSA) is 101 Å². The van der Waals surface area contributed by atoms with Gasteiger partial charge in [0.2, 0.25) is 0 Å². The van der Waals surface area contributed by atoms with Gasteiger partial charge in [0.05, 0.1) is 11.7 Å². The highest BCUT2D eigenvalue weighted by Crippen LogP contribution is 2.25. The minimum Gasteiger partial charge on any atom is -0.480 e. The van der Waals surface area contributed by atoms with E-state index in [9.17, 15) is 19.8 Å². The van der Waals surface area contributed by atoms with Crippen molar-refractivity contribution in [3.8, 4) is 0 Å². The molecule has 0 aromatic rings. The summed E-state index contributed by atoms with van der Waals surface area (Å²) >= 11 is 0. The summed E-state index contributed by atoms with van der Waals surface area (Å²) < 4.78 is 0. The van der Waals surface area contributed by atoms with Gasteiger partial charge in [0, 0.05) is 26.1 Å². The highest BCUT2D eigenvalue weighted by Gasteiger charge is 2.41. The Balaban J connectivity index is 2.01. The predicted octanol–water partition coefficient (Wildman–Crippen LogP) is -0.527. The molecule has 2 saturated heterocycles. The lowest BCUT2D eigenvalue weighted by molar-refractivity contribution is -0.141. The van der Waals surface area contributed by atoms with Crippen molar-refractivity contribution in [3.05, 3.63) is 0 Å². The molecule has 2 amide bonds. The second-order valence-corrected chi connectivity index (χ2v) is 5.66. The fourth-order valence-corrected chi connectivity index (χ4v) is 2.62. The molecule has 7 nitrogen and oxygen atoms in total. The lowest BCUT2D eigenvalue weighted by Gasteiger charge is -2.38. The van der Waals surface area contributed by atoms with Crippen molar-refractivity contribution >= 4 is 12.0 Å². The molecule has 0 aromatic heterocycles. The van der Waals surface area contributed by atoms with Crippen molar-refractivity contribution in [2.45, 2.75) is 43.9 Å². The summed E-state index contributed by atoms with van der Waals surface area (Å²) in [5.74, 6) is -1.09. The Kier molecular flexibility index (Phi) is 3.69. The standard InChI is InChI=1S/C12H20N2O5/c1-12(19)2-4-13(5-3-12)11(18)14-7-8(15)6-9(14)10(16)17/h8-9,15,19H,2-7H2,1H3,(H,16,17)/t8-,9-/m0/s1. The zero-order chi connectivity index (χ0) is 14.2. The Bertz CT molecular complexity index is 374. The molecule has 3 N–H and O–H groups in total. The number of hydrogen-bond acceptors (Lipinski definition) is 4. The second-order valence-electron chi connectivity index (χ2n) is 5.66. The van der Waals surface area contributed by atoms with Crippen LogP contribution in [0.4, 0.5) is 4.79 Å². The van der Waals surface area contributed by atoms with E-state index in [-0.39, 0.29) is 19.0 Å². The fraction of sp³-hybridized carbons (Fsp3) is 0.833. The number of nitrogens with zero attached hydrogens (tertiary/aromatic N) is 2. The normalized spacial score (nSPS) is 30.5. The van der Waals surface area contributed by atoms with Gasteiger partial charge < -0.3 is 25.1 Å². The van der Waals surface area contributed by atoms with E-state index < -0.39 is 23.7 Å². The third kappa shape index (κ3) is 2.98. The molecule has 2 aliphatic heterocycles. The van der Waals surface area contributed by atoms with Crippen LogP contribution in [0.2, 0.25) is 0 Å². The number of aliphatic hydroxyl groups is 2. The largest absolute Gasteiger partial charge is 0.480 e. The molecule has 7 heteroatoms. The Hall–Kier alpha value is -1.34. The van der Waals surface area contributed by atoms with E-state index in [2.05, 4.69) is 0 Å². The number of piperidine rings is 1. The number of aliphatic hydroxyl groups excluding tert-OH is 1. The third-order valence-electron chi connectivity index (χ3n) is 3.92. The number of carboxylic acids is 1. The smallest absolute Gasteiger partial charge is 0.326 e. The minimum atomic E-state index is -1.09. The van der Waals surface area contributed by atoms with Crippen molar-refractivity contribution in [1.82, 2.24) is 9.80 Å². The number of carbonyl (C=O) groups is 2. The Labute approximate surface area is 111 Å². The van der Waals surface area contributed by atoms with Crippen LogP contribution in [-0.4, -0.2) is 74.5 Å². The SMILES string of the molecule is CC1(O)CCN(C(=O)N2C[C@@H](O)C[C@H]2C(=O)O)CC1. The first-order valence-electron chi connectivity index (χ1n) is 6.49. The average Bonchev–Trinajstić information content (AvgIpc) is 2.70. The van der Waals surface area contributed by atoms with Crippen LogP contribution in [-0.2, 0) is 4.79 Å². The molecular formula is C12H20N2O5. The number of urea groups is 1. The number of rotatable bonds is 1. The molecule has 19 heavy (non-hydrogen) atoms. The van der Waals surface area contributed by atoms with Gasteiger partial charge in [-0.2, -0.15) is 0 Å². The van der Waals surface area contributed by atoms with Crippen molar-refractivity contribution in [3.63, 3.8) is 0 Å². The Morgan fingerprint density at radius 3 is 2.37 bits per heavy atom. The molecule has 0 spiro atoms. The van der Waals surface area contributed by atoms with Crippen molar-refractivity contribution in [1.29, 1.82) is 0 Å². The lowest BCUT2D eigenvalue weighted by Crippen LogP contribution is -2.52. The quantitative estimate of drug-likeness (QED) is 0.596. The van der Waals surface area contributed by atoms with E-state index >= 15 is 0 Å². The van der Waals surface area contributed by atoms with Gasteiger partial charge in [-0.25, -0.2) is 9.59 Å². The lowest BCUT2D eigenvalue weighted by atomic mass is 9.94. The van der Waals surface area contributed by atoms with E-state index in [0.29, 0.717) is 25.9 Å².